The fourth-order valence-electron chi connectivity index (χ4n) is 2.06. The number of nitrogens with zero attached hydrogens (tertiary/aromatic N) is 2. The fraction of sp³-hybridized carbons (Fsp3) is 0.833. The molecule has 0 aromatic rings. The Labute approximate surface area is 93.1 Å². The highest BCUT2D eigenvalue weighted by Crippen LogP contribution is 2.12. The number of likely N-dealkylation sites (N-methyl/N-ethyl adjacent to an activating group) is 2. The SMILES string of the molecule is CC#CCC(O)C1CN(C)CCCN1C. The molecule has 1 fully saturated rings. The fourth-order valence-corrected chi connectivity index (χ4v) is 2.06. The van der Waals surface area contributed by atoms with Crippen LogP contribution in [0.2, 0.25) is 0 Å². The van der Waals surface area contributed by atoms with Gasteiger partial charge in [0.25, 0.3) is 0 Å². The lowest BCUT2D eigenvalue weighted by Crippen LogP contribution is -2.45. The summed E-state index contributed by atoms with van der Waals surface area (Å²) in [6.45, 7) is 4.93. The summed E-state index contributed by atoms with van der Waals surface area (Å²) in [6.07, 6.45) is 1.43. The molecule has 0 radical (unpaired) electrons. The first kappa shape index (κ1) is 12.5. The van der Waals surface area contributed by atoms with Crippen molar-refractivity contribution >= 4 is 0 Å². The van der Waals surface area contributed by atoms with E-state index < -0.39 is 0 Å². The van der Waals surface area contributed by atoms with Gasteiger partial charge in [0.1, 0.15) is 0 Å². The molecule has 2 atom stereocenters. The molecule has 0 aliphatic carbocycles. The van der Waals surface area contributed by atoms with E-state index in [0.717, 1.165) is 19.6 Å². The Morgan fingerprint density at radius 1 is 1.40 bits per heavy atom. The van der Waals surface area contributed by atoms with Crippen LogP contribution in [0.1, 0.15) is 19.8 Å². The Hall–Kier alpha value is -0.560. The molecule has 3 heteroatoms. The van der Waals surface area contributed by atoms with Gasteiger partial charge in [-0.3, -0.25) is 4.90 Å². The molecule has 1 aliphatic rings. The number of rotatable bonds is 2. The van der Waals surface area contributed by atoms with E-state index in [1.54, 1.807) is 0 Å². The zero-order chi connectivity index (χ0) is 11.3. The molecule has 86 valence electrons. The molecular formula is C12H22N2O. The van der Waals surface area contributed by atoms with Crippen molar-refractivity contribution in [2.75, 3.05) is 33.7 Å². The molecule has 1 heterocycles. The summed E-state index contributed by atoms with van der Waals surface area (Å²) in [4.78, 5) is 4.54. The van der Waals surface area contributed by atoms with Crippen LogP contribution in [-0.4, -0.2) is 60.8 Å². The Morgan fingerprint density at radius 2 is 2.13 bits per heavy atom. The molecule has 15 heavy (non-hydrogen) atoms. The van der Waals surface area contributed by atoms with Gasteiger partial charge in [0.15, 0.2) is 0 Å². The maximum Gasteiger partial charge on any atom is 0.0816 e. The first-order chi connectivity index (χ1) is 7.15. The summed E-state index contributed by atoms with van der Waals surface area (Å²) < 4.78 is 0. The average Bonchev–Trinajstić information content (AvgIpc) is 2.37. The van der Waals surface area contributed by atoms with Crippen LogP contribution in [0.5, 0.6) is 0 Å². The molecule has 1 aliphatic heterocycles. The minimum atomic E-state index is -0.331. The van der Waals surface area contributed by atoms with E-state index in [9.17, 15) is 5.11 Å². The number of hydrogen-bond donors (Lipinski definition) is 1. The second-order valence-corrected chi connectivity index (χ2v) is 4.36. The quantitative estimate of drug-likeness (QED) is 0.668. The van der Waals surface area contributed by atoms with Crippen LogP contribution in [0, 0.1) is 11.8 Å². The van der Waals surface area contributed by atoms with E-state index in [4.69, 9.17) is 0 Å². The maximum absolute atomic E-state index is 10.0. The van der Waals surface area contributed by atoms with E-state index in [1.807, 2.05) is 6.92 Å². The molecule has 0 spiro atoms. The molecule has 1 N–H and O–H groups in total. The van der Waals surface area contributed by atoms with Crippen molar-refractivity contribution in [1.82, 2.24) is 9.80 Å². The second-order valence-electron chi connectivity index (χ2n) is 4.36. The van der Waals surface area contributed by atoms with Crippen LogP contribution in [0.15, 0.2) is 0 Å². The summed E-state index contributed by atoms with van der Waals surface area (Å²) in [5.41, 5.74) is 0. The first-order valence-electron chi connectivity index (χ1n) is 5.61. The van der Waals surface area contributed by atoms with Crippen molar-refractivity contribution < 1.29 is 5.11 Å². The lowest BCUT2D eigenvalue weighted by molar-refractivity contribution is 0.0613. The Balaban J connectivity index is 2.57. The zero-order valence-electron chi connectivity index (χ0n) is 10.0. The van der Waals surface area contributed by atoms with Crippen LogP contribution in [0.3, 0.4) is 0 Å². The van der Waals surface area contributed by atoms with E-state index in [0.29, 0.717) is 6.42 Å². The molecule has 0 amide bonds. The lowest BCUT2D eigenvalue weighted by atomic mass is 10.1. The summed E-state index contributed by atoms with van der Waals surface area (Å²) in [5.74, 6) is 5.79. The van der Waals surface area contributed by atoms with Gasteiger partial charge in [0.2, 0.25) is 0 Å². The van der Waals surface area contributed by atoms with Crippen molar-refractivity contribution in [3.05, 3.63) is 0 Å². The number of hydrogen-bond acceptors (Lipinski definition) is 3. The summed E-state index contributed by atoms with van der Waals surface area (Å²) in [5, 5.41) is 10.0. The third kappa shape index (κ3) is 3.83. The number of aliphatic hydroxyl groups excluding tert-OH is 1. The topological polar surface area (TPSA) is 26.7 Å². The van der Waals surface area contributed by atoms with Crippen molar-refractivity contribution in [2.24, 2.45) is 0 Å². The normalized spacial score (nSPS) is 26.5. The molecule has 3 nitrogen and oxygen atoms in total. The van der Waals surface area contributed by atoms with E-state index in [2.05, 4.69) is 35.7 Å². The molecule has 1 saturated heterocycles. The smallest absolute Gasteiger partial charge is 0.0816 e. The highest BCUT2D eigenvalue weighted by atomic mass is 16.3. The summed E-state index contributed by atoms with van der Waals surface area (Å²) in [6, 6.07) is 0.221. The van der Waals surface area contributed by atoms with Crippen LogP contribution < -0.4 is 0 Å². The Kier molecular flexibility index (Phi) is 5.10. The molecule has 0 aromatic carbocycles. The molecule has 0 saturated carbocycles. The highest BCUT2D eigenvalue weighted by molar-refractivity contribution is 4.99. The van der Waals surface area contributed by atoms with Gasteiger partial charge in [-0.2, -0.15) is 0 Å². The third-order valence-corrected chi connectivity index (χ3v) is 3.05. The largest absolute Gasteiger partial charge is 0.390 e. The molecular weight excluding hydrogens is 188 g/mol. The predicted octanol–water partition coefficient (Wildman–Crippen LogP) is 0.397. The van der Waals surface area contributed by atoms with Gasteiger partial charge in [-0.25, -0.2) is 0 Å². The lowest BCUT2D eigenvalue weighted by Gasteiger charge is -2.30. The van der Waals surface area contributed by atoms with E-state index in [-0.39, 0.29) is 12.1 Å². The van der Waals surface area contributed by atoms with Gasteiger partial charge in [0.05, 0.1) is 6.10 Å². The zero-order valence-corrected chi connectivity index (χ0v) is 10.0. The minimum Gasteiger partial charge on any atom is -0.390 e. The average molecular weight is 210 g/mol. The number of aliphatic hydroxyl groups is 1. The van der Waals surface area contributed by atoms with Crippen molar-refractivity contribution in [2.45, 2.75) is 31.9 Å². The van der Waals surface area contributed by atoms with Gasteiger partial charge < -0.3 is 10.0 Å². The summed E-state index contributed by atoms with van der Waals surface area (Å²) in [7, 11) is 4.21. The molecule has 0 aromatic heterocycles. The minimum absolute atomic E-state index is 0.221. The maximum atomic E-state index is 10.0. The Morgan fingerprint density at radius 3 is 2.80 bits per heavy atom. The van der Waals surface area contributed by atoms with E-state index in [1.165, 1.54) is 6.42 Å². The van der Waals surface area contributed by atoms with E-state index >= 15 is 0 Å². The summed E-state index contributed by atoms with van der Waals surface area (Å²) >= 11 is 0. The van der Waals surface area contributed by atoms with Gasteiger partial charge in [-0.05, 0) is 40.5 Å². The monoisotopic (exact) mass is 210 g/mol. The second kappa shape index (κ2) is 6.12. The molecule has 2 unspecified atom stereocenters. The van der Waals surface area contributed by atoms with Crippen LogP contribution in [0.4, 0.5) is 0 Å². The van der Waals surface area contributed by atoms with Gasteiger partial charge >= 0.3 is 0 Å². The molecule has 1 rings (SSSR count). The van der Waals surface area contributed by atoms with Crippen LogP contribution >= 0.6 is 0 Å². The third-order valence-electron chi connectivity index (χ3n) is 3.05. The van der Waals surface area contributed by atoms with Crippen molar-refractivity contribution in [1.29, 1.82) is 0 Å². The van der Waals surface area contributed by atoms with Gasteiger partial charge in [0, 0.05) is 19.0 Å². The van der Waals surface area contributed by atoms with Crippen LogP contribution in [0.25, 0.3) is 0 Å². The standard InChI is InChI=1S/C12H22N2O/c1-4-5-7-12(15)11-10-13(2)8-6-9-14(11)3/h11-12,15H,6-10H2,1-3H3. The van der Waals surface area contributed by atoms with Crippen molar-refractivity contribution in [3.63, 3.8) is 0 Å². The first-order valence-corrected chi connectivity index (χ1v) is 5.61. The Bertz CT molecular complexity index is 244. The predicted molar refractivity (Wildman–Crippen MR) is 62.6 cm³/mol. The molecule has 0 bridgehead atoms. The van der Waals surface area contributed by atoms with Crippen LogP contribution in [-0.2, 0) is 0 Å². The van der Waals surface area contributed by atoms with Gasteiger partial charge in [-0.1, -0.05) is 0 Å². The van der Waals surface area contributed by atoms with Crippen molar-refractivity contribution in [3.8, 4) is 11.8 Å². The highest BCUT2D eigenvalue weighted by Gasteiger charge is 2.26. The van der Waals surface area contributed by atoms with Gasteiger partial charge in [-0.15, -0.1) is 11.8 Å².